The number of rotatable bonds is 5. The molecule has 1 amide bonds. The maximum absolute atomic E-state index is 13.1. The summed E-state index contributed by atoms with van der Waals surface area (Å²) < 4.78 is 10.1. The van der Waals surface area contributed by atoms with Crippen LogP contribution >= 0.6 is 12.2 Å². The molecule has 3 heterocycles. The van der Waals surface area contributed by atoms with Gasteiger partial charge in [0.15, 0.2) is 10.5 Å². The maximum atomic E-state index is 13.1. The molecule has 31 heavy (non-hydrogen) atoms. The summed E-state index contributed by atoms with van der Waals surface area (Å²) in [6.45, 7) is 3.40. The van der Waals surface area contributed by atoms with Gasteiger partial charge in [-0.3, -0.25) is 9.89 Å². The fraction of sp³-hybridized carbons (Fsp3) is 0.455. The number of likely N-dealkylation sites (tertiary alicyclic amines) is 1. The van der Waals surface area contributed by atoms with Crippen LogP contribution in [0, 0.1) is 11.7 Å². The molecule has 8 nitrogen and oxygen atoms in total. The standard InChI is InChI=1S/C22H26N6O2S/c1-14-3-6-19(30-2)18(13-14)27-12-9-17(25-27)21(29)26-10-7-15(8-11-26)20-23-24-22(31)28(20)16-4-5-16/h3,6,9,12-13,15-16H,4-5,7-8,10-11H2,1-2H3,(H,24,31). The zero-order valence-corrected chi connectivity index (χ0v) is 18.6. The minimum atomic E-state index is -0.0372. The number of hydrogen-bond acceptors (Lipinski definition) is 5. The van der Waals surface area contributed by atoms with Gasteiger partial charge in [-0.05, 0) is 68.6 Å². The lowest BCUT2D eigenvalue weighted by Crippen LogP contribution is -2.38. The average molecular weight is 439 g/mol. The Kier molecular flexibility index (Phi) is 5.13. The molecule has 0 spiro atoms. The summed E-state index contributed by atoms with van der Waals surface area (Å²) in [6, 6.07) is 8.18. The number of carbonyl (C=O) groups excluding carboxylic acids is 1. The van der Waals surface area contributed by atoms with E-state index in [1.807, 2.05) is 36.2 Å². The number of aromatic nitrogens is 5. The molecule has 0 radical (unpaired) electrons. The van der Waals surface area contributed by atoms with Crippen LogP contribution in [-0.4, -0.2) is 55.6 Å². The quantitative estimate of drug-likeness (QED) is 0.613. The molecule has 1 saturated heterocycles. The number of aryl methyl sites for hydroxylation is 1. The number of methoxy groups -OCH3 is 1. The first kappa shape index (κ1) is 20.0. The second-order valence-corrected chi connectivity index (χ2v) is 8.76. The molecule has 0 unspecified atom stereocenters. The van der Waals surface area contributed by atoms with E-state index < -0.39 is 0 Å². The number of H-pyrrole nitrogens is 1. The second kappa shape index (κ2) is 7.96. The van der Waals surface area contributed by atoms with E-state index >= 15 is 0 Å². The van der Waals surface area contributed by atoms with Gasteiger partial charge >= 0.3 is 0 Å². The van der Waals surface area contributed by atoms with Crippen molar-refractivity contribution in [3.8, 4) is 11.4 Å². The lowest BCUT2D eigenvalue weighted by molar-refractivity contribution is 0.0703. The Labute approximate surface area is 185 Å². The molecule has 2 aliphatic rings. The van der Waals surface area contributed by atoms with Crippen molar-refractivity contribution in [1.29, 1.82) is 0 Å². The number of aromatic amines is 1. The normalized spacial score (nSPS) is 17.2. The molecule has 2 fully saturated rings. The third-order valence-electron chi connectivity index (χ3n) is 6.18. The van der Waals surface area contributed by atoms with E-state index in [2.05, 4.69) is 19.9 Å². The van der Waals surface area contributed by atoms with Crippen LogP contribution < -0.4 is 4.74 Å². The highest BCUT2D eigenvalue weighted by atomic mass is 32.1. The SMILES string of the molecule is COc1ccc(C)cc1-n1ccc(C(=O)N2CCC(c3n[nH]c(=S)n3C3CC3)CC2)n1. The number of nitrogens with one attached hydrogen (secondary N) is 1. The number of nitrogens with zero attached hydrogens (tertiary/aromatic N) is 5. The van der Waals surface area contributed by atoms with Gasteiger partial charge in [-0.15, -0.1) is 0 Å². The molecule has 0 atom stereocenters. The summed E-state index contributed by atoms with van der Waals surface area (Å²) in [4.78, 5) is 15.0. The zero-order chi connectivity index (χ0) is 21.5. The molecule has 1 saturated carbocycles. The summed E-state index contributed by atoms with van der Waals surface area (Å²) in [5, 5.41) is 12.0. The first-order valence-electron chi connectivity index (χ1n) is 10.7. The van der Waals surface area contributed by atoms with E-state index in [1.165, 1.54) is 12.8 Å². The number of ether oxygens (including phenoxy) is 1. The molecular formula is C22H26N6O2S. The molecule has 9 heteroatoms. The van der Waals surface area contributed by atoms with Crippen LogP contribution in [0.25, 0.3) is 5.69 Å². The molecule has 2 aromatic heterocycles. The van der Waals surface area contributed by atoms with Crippen LogP contribution in [0.1, 0.15) is 59.5 Å². The summed E-state index contributed by atoms with van der Waals surface area (Å²) in [7, 11) is 1.63. The molecule has 1 aliphatic carbocycles. The fourth-order valence-corrected chi connectivity index (χ4v) is 4.63. The Bertz CT molecular complexity index is 1170. The van der Waals surface area contributed by atoms with E-state index in [-0.39, 0.29) is 5.91 Å². The van der Waals surface area contributed by atoms with Crippen molar-refractivity contribution >= 4 is 18.1 Å². The number of piperidine rings is 1. The third kappa shape index (κ3) is 3.78. The van der Waals surface area contributed by atoms with Crippen LogP contribution in [0.4, 0.5) is 0 Å². The Balaban J connectivity index is 1.29. The maximum Gasteiger partial charge on any atom is 0.274 e. The van der Waals surface area contributed by atoms with Crippen molar-refractivity contribution in [3.05, 3.63) is 52.3 Å². The summed E-state index contributed by atoms with van der Waals surface area (Å²) in [5.74, 6) is 2.06. The molecule has 5 rings (SSSR count). The molecule has 162 valence electrons. The van der Waals surface area contributed by atoms with E-state index in [4.69, 9.17) is 17.0 Å². The molecule has 1 N–H and O–H groups in total. The Morgan fingerprint density at radius 3 is 2.68 bits per heavy atom. The minimum absolute atomic E-state index is 0.0372. The van der Waals surface area contributed by atoms with Crippen molar-refractivity contribution in [2.24, 2.45) is 0 Å². The van der Waals surface area contributed by atoms with Crippen molar-refractivity contribution < 1.29 is 9.53 Å². The van der Waals surface area contributed by atoms with E-state index in [0.717, 1.165) is 35.7 Å². The van der Waals surface area contributed by atoms with Crippen LogP contribution in [-0.2, 0) is 0 Å². The van der Waals surface area contributed by atoms with E-state index in [1.54, 1.807) is 17.9 Å². The smallest absolute Gasteiger partial charge is 0.274 e. The van der Waals surface area contributed by atoms with Gasteiger partial charge in [-0.1, -0.05) is 6.07 Å². The van der Waals surface area contributed by atoms with Crippen molar-refractivity contribution in [3.63, 3.8) is 0 Å². The minimum Gasteiger partial charge on any atom is -0.494 e. The predicted octanol–water partition coefficient (Wildman–Crippen LogP) is 3.80. The van der Waals surface area contributed by atoms with Crippen molar-refractivity contribution in [2.45, 2.75) is 44.6 Å². The van der Waals surface area contributed by atoms with Gasteiger partial charge in [-0.25, -0.2) is 4.68 Å². The number of benzene rings is 1. The number of carbonyl (C=O) groups is 1. The number of amides is 1. The first-order valence-corrected chi connectivity index (χ1v) is 11.1. The van der Waals surface area contributed by atoms with Crippen LogP contribution in [0.2, 0.25) is 0 Å². The second-order valence-electron chi connectivity index (χ2n) is 8.38. The molecule has 0 bridgehead atoms. The summed E-state index contributed by atoms with van der Waals surface area (Å²) in [6.07, 6.45) is 5.92. The van der Waals surface area contributed by atoms with Crippen molar-refractivity contribution in [2.75, 3.05) is 20.2 Å². The zero-order valence-electron chi connectivity index (χ0n) is 17.7. The largest absolute Gasteiger partial charge is 0.494 e. The van der Waals surface area contributed by atoms with Gasteiger partial charge in [0.25, 0.3) is 5.91 Å². The van der Waals surface area contributed by atoms with Crippen LogP contribution in [0.3, 0.4) is 0 Å². The van der Waals surface area contributed by atoms with Gasteiger partial charge in [0.05, 0.1) is 7.11 Å². The van der Waals surface area contributed by atoms with Crippen LogP contribution in [0.15, 0.2) is 30.5 Å². The summed E-state index contributed by atoms with van der Waals surface area (Å²) in [5.41, 5.74) is 2.37. The van der Waals surface area contributed by atoms with Gasteiger partial charge in [0.2, 0.25) is 0 Å². The summed E-state index contributed by atoms with van der Waals surface area (Å²) >= 11 is 5.42. The predicted molar refractivity (Wildman–Crippen MR) is 118 cm³/mol. The van der Waals surface area contributed by atoms with Gasteiger partial charge in [0.1, 0.15) is 17.3 Å². The highest BCUT2D eigenvalue weighted by Crippen LogP contribution is 2.39. The van der Waals surface area contributed by atoms with Crippen molar-refractivity contribution in [1.82, 2.24) is 29.4 Å². The van der Waals surface area contributed by atoms with Gasteiger partial charge in [0, 0.05) is 31.2 Å². The molecule has 3 aromatic rings. The molecule has 1 aliphatic heterocycles. The Hall–Kier alpha value is -2.94. The highest BCUT2D eigenvalue weighted by molar-refractivity contribution is 7.71. The van der Waals surface area contributed by atoms with E-state index in [9.17, 15) is 4.79 Å². The lowest BCUT2D eigenvalue weighted by atomic mass is 9.95. The topological polar surface area (TPSA) is 81.0 Å². The van der Waals surface area contributed by atoms with Gasteiger partial charge < -0.3 is 14.2 Å². The monoisotopic (exact) mass is 438 g/mol. The number of hydrogen-bond donors (Lipinski definition) is 1. The third-order valence-corrected chi connectivity index (χ3v) is 6.47. The first-order chi connectivity index (χ1) is 15.0. The van der Waals surface area contributed by atoms with E-state index in [0.29, 0.717) is 35.5 Å². The van der Waals surface area contributed by atoms with Crippen LogP contribution in [0.5, 0.6) is 5.75 Å². The average Bonchev–Trinajstić information content (AvgIpc) is 3.36. The van der Waals surface area contributed by atoms with Gasteiger partial charge in [-0.2, -0.15) is 10.2 Å². The Morgan fingerprint density at radius 1 is 1.19 bits per heavy atom. The fourth-order valence-electron chi connectivity index (χ4n) is 4.34. The highest BCUT2D eigenvalue weighted by Gasteiger charge is 2.33. The lowest BCUT2D eigenvalue weighted by Gasteiger charge is -2.31. The molecular weight excluding hydrogens is 412 g/mol. The molecule has 1 aromatic carbocycles. The Morgan fingerprint density at radius 2 is 1.97 bits per heavy atom.